The Hall–Kier alpha value is -7.92. The van der Waals surface area contributed by atoms with E-state index >= 15 is 27.4 Å². The molecule has 0 radical (unpaired) electrons. The molecule has 0 spiro atoms. The number of phosphoric ester groups is 6. The van der Waals surface area contributed by atoms with Crippen LogP contribution >= 0.6 is 46.9 Å². The van der Waals surface area contributed by atoms with Crippen molar-refractivity contribution >= 4 is 46.9 Å². The van der Waals surface area contributed by atoms with E-state index in [1.807, 2.05) is 0 Å². The quantitative estimate of drug-likeness (QED) is 0.0321. The van der Waals surface area contributed by atoms with Gasteiger partial charge in [0.1, 0.15) is 36.6 Å². The zero-order valence-corrected chi connectivity index (χ0v) is 67.3. The first-order valence-corrected chi connectivity index (χ1v) is 45.0. The fraction of sp³-hybridized carbons (Fsp3) is 0.214. The maximum absolute atomic E-state index is 17.0. The van der Waals surface area contributed by atoms with Gasteiger partial charge in [-0.2, -0.15) is 0 Å². The van der Waals surface area contributed by atoms with Gasteiger partial charge in [-0.1, -0.05) is 334 Å². The summed E-state index contributed by atoms with van der Waals surface area (Å²) in [6.07, 6.45) is -15.8. The number of rotatable bonds is 46. The molecule has 0 saturated heterocycles. The highest BCUT2D eigenvalue weighted by Gasteiger charge is 2.65. The molecular weight excluding hydrogens is 1580 g/mol. The fourth-order valence-corrected chi connectivity index (χ4v) is 19.2. The highest BCUT2D eigenvalue weighted by atomic mass is 31.2. The van der Waals surface area contributed by atoms with Crippen molar-refractivity contribution in [2.75, 3.05) is 7.11 Å². The first kappa shape index (κ1) is 85.4. The third-order valence-electron chi connectivity index (χ3n) is 17.2. The Labute approximate surface area is 663 Å². The molecule has 1 aliphatic rings. The predicted octanol–water partition coefficient (Wildman–Crippen LogP) is 22.0. The lowest BCUT2D eigenvalue weighted by Crippen LogP contribution is -2.66. The normalized spacial score (nSPS) is 17.4. The van der Waals surface area contributed by atoms with E-state index in [9.17, 15) is 0 Å². The van der Waals surface area contributed by atoms with Crippen molar-refractivity contribution < 1.29 is 109 Å². The van der Waals surface area contributed by atoms with Crippen LogP contribution in [0.5, 0.6) is 0 Å². The van der Waals surface area contributed by atoms with E-state index in [1.165, 1.54) is 0 Å². The van der Waals surface area contributed by atoms with Crippen molar-refractivity contribution in [3.05, 3.63) is 395 Å². The van der Waals surface area contributed by atoms with Crippen LogP contribution in [0.15, 0.2) is 334 Å². The highest BCUT2D eigenvalue weighted by Crippen LogP contribution is 2.67. The summed E-state index contributed by atoms with van der Waals surface area (Å²) in [6.45, 7) is -5.91. The molecule has 0 N–H and O–H groups in total. The summed E-state index contributed by atoms with van der Waals surface area (Å²) in [4.78, 5) is 0. The molecule has 1 aliphatic carbocycles. The summed E-state index contributed by atoms with van der Waals surface area (Å²) in [5, 5.41) is 0. The van der Waals surface area contributed by atoms with Gasteiger partial charge in [-0.25, -0.2) is 27.4 Å². The molecule has 1 saturated carbocycles. The molecule has 11 aromatic carbocycles. The molecule has 0 aliphatic heterocycles. The monoisotopic (exact) mass is 1660 g/mol. The summed E-state index contributed by atoms with van der Waals surface area (Å²) in [5.41, 5.74) is 4.70. The molecule has 114 heavy (non-hydrogen) atoms. The van der Waals surface area contributed by atoms with Gasteiger partial charge < -0.3 is 0 Å². The third-order valence-corrected chi connectivity index (χ3v) is 25.6. The van der Waals surface area contributed by atoms with Crippen LogP contribution in [0.2, 0.25) is 0 Å². The molecule has 30 heteroatoms. The zero-order valence-electron chi connectivity index (χ0n) is 62.0. The fourth-order valence-electron chi connectivity index (χ4n) is 11.4. The lowest BCUT2D eigenvalue weighted by Gasteiger charge is -2.50. The van der Waals surface area contributed by atoms with Crippen molar-refractivity contribution in [1.29, 1.82) is 0 Å². The van der Waals surface area contributed by atoms with Gasteiger partial charge in [-0.15, -0.1) is 0 Å². The van der Waals surface area contributed by atoms with E-state index in [1.54, 1.807) is 334 Å². The van der Waals surface area contributed by atoms with Crippen LogP contribution in [0.1, 0.15) is 61.2 Å². The predicted molar refractivity (Wildman–Crippen MR) is 425 cm³/mol. The van der Waals surface area contributed by atoms with Gasteiger partial charge in [0.25, 0.3) is 0 Å². The van der Waals surface area contributed by atoms with Gasteiger partial charge in [-0.05, 0) is 61.2 Å². The largest absolute Gasteiger partial charge is 0.475 e. The van der Waals surface area contributed by atoms with Crippen LogP contribution in [0.4, 0.5) is 0 Å². The number of phosphoric acid groups is 6. The van der Waals surface area contributed by atoms with Gasteiger partial charge in [-0.3, -0.25) is 81.4 Å². The Morgan fingerprint density at radius 3 is 0.368 bits per heavy atom. The van der Waals surface area contributed by atoms with Crippen LogP contribution in [0.3, 0.4) is 0 Å². The van der Waals surface area contributed by atoms with Gasteiger partial charge in [0, 0.05) is 7.11 Å². The second-order valence-corrected chi connectivity index (χ2v) is 35.5. The Morgan fingerprint density at radius 2 is 0.263 bits per heavy atom. The Kier molecular flexibility index (Phi) is 32.1. The summed E-state index contributed by atoms with van der Waals surface area (Å²) in [5.74, 6) is 0. The SMILES string of the molecule is COP(=O)(OCc1ccccc1)OC1[C@H](OP(=O)(OCc2ccccc2)OCc2ccccc2)[C@H](OP(=O)(OCc2ccccc2)OCc2ccccc2)C(OP(=O)(OCc2ccccc2)OCc2ccccc2)[C@H](OP(=O)(OCc2ccccc2)OCc2ccccc2)[C@H]1OP(=O)(OCc1ccccc1)OCc1ccccc1. The van der Waals surface area contributed by atoms with Crippen molar-refractivity contribution in [3.63, 3.8) is 0 Å². The average Bonchev–Trinajstić information content (AvgIpc) is 0.732. The Morgan fingerprint density at radius 1 is 0.167 bits per heavy atom. The van der Waals surface area contributed by atoms with Crippen molar-refractivity contribution in [1.82, 2.24) is 0 Å². The topological polar surface area (TPSA) is 269 Å². The molecule has 0 heterocycles. The van der Waals surface area contributed by atoms with Crippen molar-refractivity contribution in [2.45, 2.75) is 109 Å². The molecule has 0 amide bonds. The Balaban J connectivity index is 1.16. The lowest BCUT2D eigenvalue weighted by atomic mass is 9.85. The molecule has 12 rings (SSSR count). The summed E-state index contributed by atoms with van der Waals surface area (Å²) >= 11 is 0. The molecule has 3 unspecified atom stereocenters. The van der Waals surface area contributed by atoms with E-state index in [4.69, 9.17) is 81.4 Å². The smallest absolute Gasteiger partial charge is 0.290 e. The third kappa shape index (κ3) is 26.8. The van der Waals surface area contributed by atoms with Crippen LogP contribution < -0.4 is 0 Å². The van der Waals surface area contributed by atoms with Crippen molar-refractivity contribution in [2.24, 2.45) is 0 Å². The molecule has 1 fully saturated rings. The minimum absolute atomic E-state index is 0.427. The van der Waals surface area contributed by atoms with Crippen LogP contribution in [0.25, 0.3) is 0 Å². The second-order valence-electron chi connectivity index (χ2n) is 25.6. The maximum atomic E-state index is 17.0. The molecule has 11 aromatic rings. The van der Waals surface area contributed by atoms with Crippen LogP contribution in [0, 0.1) is 0 Å². The van der Waals surface area contributed by atoms with E-state index in [2.05, 4.69) is 0 Å². The van der Waals surface area contributed by atoms with Gasteiger partial charge >= 0.3 is 46.9 Å². The minimum atomic E-state index is -5.58. The maximum Gasteiger partial charge on any atom is 0.475 e. The van der Waals surface area contributed by atoms with E-state index in [0.717, 1.165) is 7.11 Å². The average molecular weight is 1670 g/mol. The van der Waals surface area contributed by atoms with Crippen LogP contribution in [-0.4, -0.2) is 43.7 Å². The van der Waals surface area contributed by atoms with Gasteiger partial charge in [0.2, 0.25) is 0 Å². The standard InChI is InChI=1S/C84H86O24P6/c1-91-109(85,92-57-68-35-13-2-14-36-68)103-79-80(104-110(86,93-58-69-37-15-3-16-38-69)94-59-70-39-17-4-18-40-70)82(106-112(88,97-62-73-45-23-7-24-46-73)98-63-74-47-25-8-26-48-74)84(108-114(90,101-66-77-53-31-11-32-54-77)102-67-78-55-33-12-34-56-78)83(107-113(89,99-64-75-49-27-9-28-50-75)100-65-76-51-29-10-30-52-76)81(79)105-111(87,95-60-71-41-19-5-20-42-71)96-61-72-43-21-6-22-44-72/h2-56,79-84H,57-67H2,1H3/t79?,80-,81-,82-,83+,84?,109?/m0/s1. The van der Waals surface area contributed by atoms with Crippen molar-refractivity contribution in [3.8, 4) is 0 Å². The molecule has 0 aromatic heterocycles. The lowest BCUT2D eigenvalue weighted by molar-refractivity contribution is -0.209. The molecule has 7 atom stereocenters. The van der Waals surface area contributed by atoms with E-state index in [0.29, 0.717) is 61.2 Å². The number of hydrogen-bond donors (Lipinski definition) is 0. The summed E-state index contributed by atoms with van der Waals surface area (Å²) in [6, 6.07) is 93.4. The van der Waals surface area contributed by atoms with Gasteiger partial charge in [0.05, 0.1) is 72.7 Å². The highest BCUT2D eigenvalue weighted by molar-refractivity contribution is 7.50. The number of benzene rings is 11. The first-order valence-electron chi connectivity index (χ1n) is 36.3. The van der Waals surface area contributed by atoms with Gasteiger partial charge in [0.15, 0.2) is 0 Å². The van der Waals surface area contributed by atoms with E-state index < -0.39 is 156 Å². The summed E-state index contributed by atoms with van der Waals surface area (Å²) in [7, 11) is -32.3. The summed E-state index contributed by atoms with van der Waals surface area (Å²) < 4.78 is 221. The number of hydrogen-bond acceptors (Lipinski definition) is 24. The second kappa shape index (κ2) is 42.8. The molecule has 0 bridgehead atoms. The molecular formula is C84H86O24P6. The van der Waals surface area contributed by atoms with Crippen LogP contribution in [-0.2, 0) is 181 Å². The minimum Gasteiger partial charge on any atom is -0.290 e. The molecule has 24 nitrogen and oxygen atoms in total. The Bertz CT molecular complexity index is 4500. The first-order chi connectivity index (χ1) is 55.5. The molecule has 596 valence electrons. The van der Waals surface area contributed by atoms with E-state index in [-0.39, 0.29) is 0 Å². The zero-order chi connectivity index (χ0) is 79.2.